The molecule has 4 nitrogen and oxygen atoms in total. The molecular weight excluding hydrogens is 329 g/mol. The van der Waals surface area contributed by atoms with E-state index in [1.54, 1.807) is 0 Å². The Morgan fingerprint density at radius 2 is 1.95 bits per heavy atom. The molecule has 0 aliphatic carbocycles. The minimum absolute atomic E-state index is 0.00644. The Bertz CT molecular complexity index is 655. The zero-order valence-electron chi connectivity index (χ0n) is 9.16. The van der Waals surface area contributed by atoms with E-state index >= 15 is 0 Å². The maximum Gasteiger partial charge on any atom is 0.573 e. The number of aromatic amines is 1. The Morgan fingerprint density at radius 1 is 1.26 bits per heavy atom. The van der Waals surface area contributed by atoms with Gasteiger partial charge in [0.25, 0.3) is 5.56 Å². The zero-order valence-corrected chi connectivity index (χ0v) is 10.7. The largest absolute Gasteiger partial charge is 0.573 e. The molecule has 0 unspecified atom stereocenters. The Labute approximate surface area is 113 Å². The molecule has 0 amide bonds. The molecule has 0 bridgehead atoms. The van der Waals surface area contributed by atoms with E-state index in [0.29, 0.717) is 0 Å². The van der Waals surface area contributed by atoms with E-state index < -0.39 is 17.7 Å². The van der Waals surface area contributed by atoms with E-state index in [2.05, 4.69) is 30.6 Å². The molecule has 0 aliphatic heterocycles. The Kier molecular flexibility index (Phi) is 3.61. The molecular formula is C11H6BrF3N2O2. The van der Waals surface area contributed by atoms with Gasteiger partial charge in [0, 0.05) is 6.20 Å². The van der Waals surface area contributed by atoms with Crippen LogP contribution >= 0.6 is 15.9 Å². The highest BCUT2D eigenvalue weighted by Gasteiger charge is 2.32. The van der Waals surface area contributed by atoms with Crippen LogP contribution in [0.15, 0.2) is 39.7 Å². The maximum atomic E-state index is 12.3. The molecule has 8 heteroatoms. The van der Waals surface area contributed by atoms with Gasteiger partial charge in [0.05, 0.1) is 5.56 Å². The van der Waals surface area contributed by atoms with Crippen molar-refractivity contribution in [2.75, 3.05) is 0 Å². The van der Waals surface area contributed by atoms with Crippen LogP contribution in [0.5, 0.6) is 5.75 Å². The molecule has 100 valence electrons. The number of ether oxygens (including phenoxy) is 1. The molecule has 0 fully saturated rings. The number of para-hydroxylation sites is 1. The Hall–Kier alpha value is -1.83. The fourth-order valence-corrected chi connectivity index (χ4v) is 1.59. The van der Waals surface area contributed by atoms with Gasteiger partial charge in [-0.15, -0.1) is 13.2 Å². The number of rotatable bonds is 2. The molecule has 0 atom stereocenters. The van der Waals surface area contributed by atoms with Gasteiger partial charge in [-0.2, -0.15) is 0 Å². The molecule has 0 saturated carbocycles. The van der Waals surface area contributed by atoms with Crippen LogP contribution in [0.25, 0.3) is 11.4 Å². The lowest BCUT2D eigenvalue weighted by atomic mass is 10.2. The SMILES string of the molecule is O=c1[nH]c(-c2ccccc2OC(F)(F)F)ncc1Br. The van der Waals surface area contributed by atoms with E-state index in [1.807, 2.05) is 0 Å². The summed E-state index contributed by atoms with van der Waals surface area (Å²) in [7, 11) is 0. The third-order valence-electron chi connectivity index (χ3n) is 2.12. The molecule has 0 aliphatic rings. The van der Waals surface area contributed by atoms with Gasteiger partial charge in [-0.25, -0.2) is 4.98 Å². The molecule has 0 saturated heterocycles. The number of nitrogens with one attached hydrogen (secondary N) is 1. The highest BCUT2D eigenvalue weighted by atomic mass is 79.9. The first-order valence-corrected chi connectivity index (χ1v) is 5.76. The summed E-state index contributed by atoms with van der Waals surface area (Å²) in [6.45, 7) is 0. The average Bonchev–Trinajstić information content (AvgIpc) is 2.31. The smallest absolute Gasteiger partial charge is 0.405 e. The topological polar surface area (TPSA) is 55.0 Å². The number of nitrogens with zero attached hydrogens (tertiary/aromatic N) is 1. The lowest BCUT2D eigenvalue weighted by Gasteiger charge is -2.12. The van der Waals surface area contributed by atoms with Crippen molar-refractivity contribution in [3.8, 4) is 17.1 Å². The van der Waals surface area contributed by atoms with E-state index in [9.17, 15) is 18.0 Å². The van der Waals surface area contributed by atoms with Crippen LogP contribution in [0.2, 0.25) is 0 Å². The summed E-state index contributed by atoms with van der Waals surface area (Å²) in [5, 5.41) is 0. The molecule has 0 spiro atoms. The van der Waals surface area contributed by atoms with Gasteiger partial charge in [-0.1, -0.05) is 12.1 Å². The number of benzene rings is 1. The quantitative estimate of drug-likeness (QED) is 0.918. The number of hydrogen-bond acceptors (Lipinski definition) is 3. The molecule has 2 aromatic rings. The third-order valence-corrected chi connectivity index (χ3v) is 2.69. The van der Waals surface area contributed by atoms with Crippen molar-refractivity contribution in [3.63, 3.8) is 0 Å². The molecule has 19 heavy (non-hydrogen) atoms. The fourth-order valence-electron chi connectivity index (χ4n) is 1.39. The number of hydrogen-bond donors (Lipinski definition) is 1. The maximum absolute atomic E-state index is 12.3. The first-order chi connectivity index (χ1) is 8.87. The first-order valence-electron chi connectivity index (χ1n) is 4.97. The summed E-state index contributed by atoms with van der Waals surface area (Å²) in [4.78, 5) is 17.6. The highest BCUT2D eigenvalue weighted by molar-refractivity contribution is 9.10. The summed E-state index contributed by atoms with van der Waals surface area (Å²) >= 11 is 2.95. The average molecular weight is 335 g/mol. The van der Waals surface area contributed by atoms with Gasteiger partial charge in [0.1, 0.15) is 16.0 Å². The number of H-pyrrole nitrogens is 1. The predicted molar refractivity (Wildman–Crippen MR) is 64.7 cm³/mol. The summed E-state index contributed by atoms with van der Waals surface area (Å²) in [5.41, 5.74) is -0.448. The van der Waals surface area contributed by atoms with Crippen molar-refractivity contribution in [1.82, 2.24) is 9.97 Å². The van der Waals surface area contributed by atoms with Gasteiger partial charge in [0.15, 0.2) is 0 Å². The van der Waals surface area contributed by atoms with E-state index in [-0.39, 0.29) is 15.9 Å². The number of alkyl halides is 3. The summed E-state index contributed by atoms with van der Waals surface area (Å²) in [6, 6.07) is 5.42. The van der Waals surface area contributed by atoms with Crippen LogP contribution in [0, 0.1) is 0 Å². The molecule has 2 rings (SSSR count). The second kappa shape index (κ2) is 5.04. The molecule has 1 aromatic carbocycles. The lowest BCUT2D eigenvalue weighted by Crippen LogP contribution is -2.18. The second-order valence-corrected chi connectivity index (χ2v) is 4.31. The lowest BCUT2D eigenvalue weighted by molar-refractivity contribution is -0.274. The number of halogens is 4. The normalized spacial score (nSPS) is 11.4. The molecule has 1 heterocycles. The van der Waals surface area contributed by atoms with Gasteiger partial charge < -0.3 is 9.72 Å². The second-order valence-electron chi connectivity index (χ2n) is 3.45. The van der Waals surface area contributed by atoms with Crippen molar-refractivity contribution in [1.29, 1.82) is 0 Å². The van der Waals surface area contributed by atoms with Crippen LogP contribution in [-0.4, -0.2) is 16.3 Å². The first kappa shape index (κ1) is 13.6. The molecule has 1 aromatic heterocycles. The summed E-state index contributed by atoms with van der Waals surface area (Å²) in [5.74, 6) is -0.437. The van der Waals surface area contributed by atoms with Gasteiger partial charge in [0.2, 0.25) is 0 Å². The van der Waals surface area contributed by atoms with Gasteiger partial charge in [-0.05, 0) is 28.1 Å². The minimum Gasteiger partial charge on any atom is -0.405 e. The minimum atomic E-state index is -4.81. The van der Waals surface area contributed by atoms with Crippen LogP contribution < -0.4 is 10.3 Å². The van der Waals surface area contributed by atoms with Crippen molar-refractivity contribution < 1.29 is 17.9 Å². The van der Waals surface area contributed by atoms with Crippen molar-refractivity contribution in [3.05, 3.63) is 45.3 Å². The van der Waals surface area contributed by atoms with Crippen molar-refractivity contribution in [2.24, 2.45) is 0 Å². The van der Waals surface area contributed by atoms with Gasteiger partial charge in [-0.3, -0.25) is 4.79 Å². The Morgan fingerprint density at radius 3 is 2.58 bits per heavy atom. The van der Waals surface area contributed by atoms with E-state index in [1.165, 1.54) is 24.4 Å². The van der Waals surface area contributed by atoms with Crippen LogP contribution in [-0.2, 0) is 0 Å². The molecule has 1 N–H and O–H groups in total. The zero-order chi connectivity index (χ0) is 14.0. The third kappa shape index (κ3) is 3.34. The highest BCUT2D eigenvalue weighted by Crippen LogP contribution is 2.31. The standard InChI is InChI=1S/C11H6BrF3N2O2/c12-7-5-16-9(17-10(7)18)6-3-1-2-4-8(6)19-11(13,14)15/h1-5H,(H,16,17,18). The van der Waals surface area contributed by atoms with Gasteiger partial charge >= 0.3 is 6.36 Å². The van der Waals surface area contributed by atoms with Crippen LogP contribution in [0.3, 0.4) is 0 Å². The monoisotopic (exact) mass is 334 g/mol. The summed E-state index contributed by atoms with van der Waals surface area (Å²) < 4.78 is 40.8. The number of aromatic nitrogens is 2. The van der Waals surface area contributed by atoms with Crippen molar-refractivity contribution >= 4 is 15.9 Å². The van der Waals surface area contributed by atoms with Crippen molar-refractivity contribution in [2.45, 2.75) is 6.36 Å². The Balaban J connectivity index is 2.50. The van der Waals surface area contributed by atoms with E-state index in [4.69, 9.17) is 0 Å². The fraction of sp³-hybridized carbons (Fsp3) is 0.0909. The van der Waals surface area contributed by atoms with Crippen LogP contribution in [0.4, 0.5) is 13.2 Å². The molecule has 0 radical (unpaired) electrons. The summed E-state index contributed by atoms with van der Waals surface area (Å²) in [6.07, 6.45) is -3.61. The van der Waals surface area contributed by atoms with Crippen LogP contribution in [0.1, 0.15) is 0 Å². The predicted octanol–water partition coefficient (Wildman–Crippen LogP) is 3.10. The van der Waals surface area contributed by atoms with E-state index in [0.717, 1.165) is 6.07 Å².